The van der Waals surface area contributed by atoms with E-state index in [1.807, 2.05) is 27.7 Å². The number of carbonyl (C=O) groups excluding carboxylic acids is 2. The molecule has 0 aromatic carbocycles. The van der Waals surface area contributed by atoms with Gasteiger partial charge in [0.2, 0.25) is 5.91 Å². The summed E-state index contributed by atoms with van der Waals surface area (Å²) in [6.45, 7) is 7.67. The lowest BCUT2D eigenvalue weighted by Crippen LogP contribution is -2.45. The van der Waals surface area contributed by atoms with Gasteiger partial charge < -0.3 is 10.1 Å². The number of esters is 1. The second kappa shape index (κ2) is 6.43. The van der Waals surface area contributed by atoms with Crippen LogP contribution in [0.25, 0.3) is 0 Å². The lowest BCUT2D eigenvalue weighted by atomic mass is 10.0. The summed E-state index contributed by atoms with van der Waals surface area (Å²) in [6, 6.07) is -0.541. The highest BCUT2D eigenvalue weighted by Crippen LogP contribution is 2.05. The average molecular weight is 215 g/mol. The SMILES string of the molecule is COC(=O)[C@@H](NC(=O)CC(C)C)C(C)C. The van der Waals surface area contributed by atoms with Gasteiger partial charge in [-0.05, 0) is 11.8 Å². The quantitative estimate of drug-likeness (QED) is 0.704. The van der Waals surface area contributed by atoms with E-state index in [2.05, 4.69) is 10.1 Å². The van der Waals surface area contributed by atoms with E-state index in [0.29, 0.717) is 6.42 Å². The third-order valence-corrected chi connectivity index (χ3v) is 2.03. The van der Waals surface area contributed by atoms with Gasteiger partial charge in [-0.2, -0.15) is 0 Å². The summed E-state index contributed by atoms with van der Waals surface area (Å²) in [5.74, 6) is -0.166. The van der Waals surface area contributed by atoms with Gasteiger partial charge in [0.25, 0.3) is 0 Å². The molecule has 0 saturated heterocycles. The van der Waals surface area contributed by atoms with Crippen molar-refractivity contribution < 1.29 is 14.3 Å². The van der Waals surface area contributed by atoms with E-state index in [0.717, 1.165) is 0 Å². The lowest BCUT2D eigenvalue weighted by molar-refractivity contribution is -0.146. The van der Waals surface area contributed by atoms with E-state index < -0.39 is 6.04 Å². The van der Waals surface area contributed by atoms with Gasteiger partial charge in [-0.15, -0.1) is 0 Å². The summed E-state index contributed by atoms with van der Waals surface area (Å²) in [7, 11) is 1.33. The Bertz CT molecular complexity index is 224. The summed E-state index contributed by atoms with van der Waals surface area (Å²) >= 11 is 0. The summed E-state index contributed by atoms with van der Waals surface area (Å²) in [6.07, 6.45) is 0.431. The number of rotatable bonds is 5. The number of ether oxygens (including phenoxy) is 1. The predicted molar refractivity (Wildman–Crippen MR) is 58.2 cm³/mol. The van der Waals surface area contributed by atoms with E-state index in [4.69, 9.17) is 0 Å². The average Bonchev–Trinajstić information content (AvgIpc) is 2.11. The van der Waals surface area contributed by atoms with Crippen molar-refractivity contribution in [3.63, 3.8) is 0 Å². The molecule has 0 fully saturated rings. The van der Waals surface area contributed by atoms with Crippen LogP contribution in [0.15, 0.2) is 0 Å². The van der Waals surface area contributed by atoms with E-state index >= 15 is 0 Å². The Balaban J connectivity index is 4.29. The van der Waals surface area contributed by atoms with Gasteiger partial charge in [0.15, 0.2) is 0 Å². The van der Waals surface area contributed by atoms with Crippen molar-refractivity contribution in [2.75, 3.05) is 7.11 Å². The van der Waals surface area contributed by atoms with Gasteiger partial charge in [-0.3, -0.25) is 4.79 Å². The van der Waals surface area contributed by atoms with Crippen LogP contribution >= 0.6 is 0 Å². The molecule has 1 N–H and O–H groups in total. The van der Waals surface area contributed by atoms with Crippen LogP contribution < -0.4 is 5.32 Å². The maximum Gasteiger partial charge on any atom is 0.328 e. The van der Waals surface area contributed by atoms with E-state index in [-0.39, 0.29) is 23.7 Å². The number of carbonyl (C=O) groups is 2. The minimum atomic E-state index is -0.541. The first-order valence-corrected chi connectivity index (χ1v) is 5.25. The molecule has 15 heavy (non-hydrogen) atoms. The standard InChI is InChI=1S/C11H21NO3/c1-7(2)6-9(13)12-10(8(3)4)11(14)15-5/h7-8,10H,6H2,1-5H3,(H,12,13)/t10-/m0/s1. The van der Waals surface area contributed by atoms with Crippen LogP contribution in [-0.4, -0.2) is 25.0 Å². The first-order chi connectivity index (χ1) is 6.88. The molecule has 0 aliphatic rings. The van der Waals surface area contributed by atoms with Crippen LogP contribution in [0.5, 0.6) is 0 Å². The first kappa shape index (κ1) is 13.9. The largest absolute Gasteiger partial charge is 0.467 e. The van der Waals surface area contributed by atoms with Gasteiger partial charge >= 0.3 is 5.97 Å². The van der Waals surface area contributed by atoms with Gasteiger partial charge in [0, 0.05) is 6.42 Å². The predicted octanol–water partition coefficient (Wildman–Crippen LogP) is 1.35. The molecule has 4 heteroatoms. The Hall–Kier alpha value is -1.06. The summed E-state index contributed by atoms with van der Waals surface area (Å²) in [5.41, 5.74) is 0. The molecule has 88 valence electrons. The van der Waals surface area contributed by atoms with E-state index in [1.165, 1.54) is 7.11 Å². The van der Waals surface area contributed by atoms with Gasteiger partial charge in [0.05, 0.1) is 7.11 Å². The normalized spacial score (nSPS) is 12.7. The Labute approximate surface area is 91.4 Å². The number of amides is 1. The fourth-order valence-corrected chi connectivity index (χ4v) is 1.23. The van der Waals surface area contributed by atoms with Crippen molar-refractivity contribution in [1.82, 2.24) is 5.32 Å². The molecular formula is C11H21NO3. The number of hydrogen-bond donors (Lipinski definition) is 1. The molecule has 0 aliphatic carbocycles. The molecular weight excluding hydrogens is 194 g/mol. The summed E-state index contributed by atoms with van der Waals surface area (Å²) in [5, 5.41) is 2.68. The third-order valence-electron chi connectivity index (χ3n) is 2.03. The minimum absolute atomic E-state index is 0.0357. The molecule has 0 radical (unpaired) electrons. The Kier molecular flexibility index (Phi) is 5.97. The van der Waals surface area contributed by atoms with Crippen LogP contribution in [0.4, 0.5) is 0 Å². The van der Waals surface area contributed by atoms with Crippen molar-refractivity contribution in [3.8, 4) is 0 Å². The lowest BCUT2D eigenvalue weighted by Gasteiger charge is -2.20. The zero-order valence-electron chi connectivity index (χ0n) is 10.2. The molecule has 0 aromatic rings. The maximum atomic E-state index is 11.5. The molecule has 0 rings (SSSR count). The van der Waals surface area contributed by atoms with Crippen LogP contribution in [0.1, 0.15) is 34.1 Å². The third kappa shape index (κ3) is 5.40. The van der Waals surface area contributed by atoms with Crippen molar-refractivity contribution >= 4 is 11.9 Å². The van der Waals surface area contributed by atoms with E-state index in [1.54, 1.807) is 0 Å². The zero-order valence-corrected chi connectivity index (χ0v) is 10.2. The minimum Gasteiger partial charge on any atom is -0.467 e. The maximum absolute atomic E-state index is 11.5. The van der Waals surface area contributed by atoms with Crippen LogP contribution in [0.3, 0.4) is 0 Å². The molecule has 1 amide bonds. The van der Waals surface area contributed by atoms with Crippen LogP contribution in [-0.2, 0) is 14.3 Å². The number of hydrogen-bond acceptors (Lipinski definition) is 3. The van der Waals surface area contributed by atoms with Crippen LogP contribution in [0.2, 0.25) is 0 Å². The van der Waals surface area contributed by atoms with Gasteiger partial charge in [0.1, 0.15) is 6.04 Å². The topological polar surface area (TPSA) is 55.4 Å². The number of methoxy groups -OCH3 is 1. The molecule has 1 atom stereocenters. The summed E-state index contributed by atoms with van der Waals surface area (Å²) in [4.78, 5) is 22.8. The highest BCUT2D eigenvalue weighted by molar-refractivity contribution is 5.84. The Morgan fingerprint density at radius 2 is 1.73 bits per heavy atom. The first-order valence-electron chi connectivity index (χ1n) is 5.25. The van der Waals surface area contributed by atoms with Crippen molar-refractivity contribution in [2.24, 2.45) is 11.8 Å². The highest BCUT2D eigenvalue weighted by atomic mass is 16.5. The molecule has 0 saturated carbocycles. The van der Waals surface area contributed by atoms with Crippen molar-refractivity contribution in [1.29, 1.82) is 0 Å². The summed E-state index contributed by atoms with van der Waals surface area (Å²) < 4.78 is 4.63. The number of nitrogens with one attached hydrogen (secondary N) is 1. The van der Waals surface area contributed by atoms with Gasteiger partial charge in [-0.25, -0.2) is 4.79 Å². The monoisotopic (exact) mass is 215 g/mol. The molecule has 0 bridgehead atoms. The molecule has 0 spiro atoms. The zero-order chi connectivity index (χ0) is 12.0. The smallest absolute Gasteiger partial charge is 0.328 e. The van der Waals surface area contributed by atoms with Crippen LogP contribution in [0, 0.1) is 11.8 Å². The fraction of sp³-hybridized carbons (Fsp3) is 0.818. The second-order valence-electron chi connectivity index (χ2n) is 4.41. The van der Waals surface area contributed by atoms with Crippen molar-refractivity contribution in [2.45, 2.75) is 40.2 Å². The van der Waals surface area contributed by atoms with Gasteiger partial charge in [-0.1, -0.05) is 27.7 Å². The molecule has 0 aliphatic heterocycles. The van der Waals surface area contributed by atoms with Crippen molar-refractivity contribution in [3.05, 3.63) is 0 Å². The molecule has 0 unspecified atom stereocenters. The Morgan fingerprint density at radius 1 is 1.20 bits per heavy atom. The second-order valence-corrected chi connectivity index (χ2v) is 4.41. The Morgan fingerprint density at radius 3 is 2.07 bits per heavy atom. The molecule has 0 aromatic heterocycles. The van der Waals surface area contributed by atoms with E-state index in [9.17, 15) is 9.59 Å². The highest BCUT2D eigenvalue weighted by Gasteiger charge is 2.24. The molecule has 0 heterocycles. The molecule has 4 nitrogen and oxygen atoms in total. The fourth-order valence-electron chi connectivity index (χ4n) is 1.23.